The van der Waals surface area contributed by atoms with Crippen molar-refractivity contribution in [2.24, 2.45) is 0 Å². The van der Waals surface area contributed by atoms with Gasteiger partial charge in [-0.05, 0) is 12.1 Å². The Labute approximate surface area is 96.0 Å². The van der Waals surface area contributed by atoms with Crippen LogP contribution >= 0.6 is 11.6 Å². The Kier molecular flexibility index (Phi) is 2.55. The molecule has 0 bridgehead atoms. The van der Waals surface area contributed by atoms with Crippen molar-refractivity contribution < 1.29 is 4.74 Å². The largest absolute Gasteiger partial charge is 0.495 e. The van der Waals surface area contributed by atoms with Gasteiger partial charge in [-0.2, -0.15) is 5.26 Å². The standard InChI is InChI=1S/C11H7ClN2O2/c1-16-8-4-2-3-6-9(8)14-11(12)7(5-13)10(6)15/h2-4H,1H3,(H,14,15). The van der Waals surface area contributed by atoms with Crippen molar-refractivity contribution in [1.29, 1.82) is 5.26 Å². The number of pyridine rings is 1. The van der Waals surface area contributed by atoms with Gasteiger partial charge in [0.1, 0.15) is 22.5 Å². The summed E-state index contributed by atoms with van der Waals surface area (Å²) in [5, 5.41) is 9.22. The van der Waals surface area contributed by atoms with Crippen molar-refractivity contribution in [2.45, 2.75) is 0 Å². The van der Waals surface area contributed by atoms with E-state index in [0.29, 0.717) is 16.7 Å². The van der Waals surface area contributed by atoms with E-state index < -0.39 is 0 Å². The average Bonchev–Trinajstić information content (AvgIpc) is 2.29. The first-order valence-corrected chi connectivity index (χ1v) is 4.85. The van der Waals surface area contributed by atoms with E-state index in [9.17, 15) is 4.79 Å². The third-order valence-corrected chi connectivity index (χ3v) is 2.57. The fraction of sp³-hybridized carbons (Fsp3) is 0.0909. The minimum atomic E-state index is -0.389. The Bertz CT molecular complexity index is 655. The second kappa shape index (κ2) is 3.87. The second-order valence-corrected chi connectivity index (χ2v) is 3.52. The molecule has 4 nitrogen and oxygen atoms in total. The maximum absolute atomic E-state index is 11.9. The van der Waals surface area contributed by atoms with E-state index in [1.165, 1.54) is 7.11 Å². The molecule has 0 fully saturated rings. The van der Waals surface area contributed by atoms with Gasteiger partial charge in [-0.3, -0.25) is 4.79 Å². The molecule has 0 saturated carbocycles. The van der Waals surface area contributed by atoms with Gasteiger partial charge in [0.15, 0.2) is 0 Å². The highest BCUT2D eigenvalue weighted by molar-refractivity contribution is 6.31. The smallest absolute Gasteiger partial charge is 0.208 e. The van der Waals surface area contributed by atoms with E-state index in [0.717, 1.165) is 0 Å². The Morgan fingerprint density at radius 2 is 2.25 bits per heavy atom. The van der Waals surface area contributed by atoms with Crippen LogP contribution in [0.25, 0.3) is 10.9 Å². The van der Waals surface area contributed by atoms with Crippen LogP contribution in [-0.4, -0.2) is 12.1 Å². The number of aromatic amines is 1. The molecule has 0 radical (unpaired) electrons. The summed E-state index contributed by atoms with van der Waals surface area (Å²) in [4.78, 5) is 14.7. The molecule has 1 heterocycles. The zero-order chi connectivity index (χ0) is 11.7. The van der Waals surface area contributed by atoms with Crippen LogP contribution in [-0.2, 0) is 0 Å². The maximum Gasteiger partial charge on any atom is 0.208 e. The second-order valence-electron chi connectivity index (χ2n) is 3.14. The molecule has 0 aliphatic rings. The van der Waals surface area contributed by atoms with Crippen LogP contribution in [0.5, 0.6) is 5.75 Å². The Morgan fingerprint density at radius 3 is 2.88 bits per heavy atom. The number of H-pyrrole nitrogens is 1. The van der Waals surface area contributed by atoms with Crippen LogP contribution in [0, 0.1) is 11.3 Å². The van der Waals surface area contributed by atoms with Crippen LogP contribution in [0.15, 0.2) is 23.0 Å². The molecular weight excluding hydrogens is 228 g/mol. The van der Waals surface area contributed by atoms with Crippen LogP contribution < -0.4 is 10.2 Å². The lowest BCUT2D eigenvalue weighted by atomic mass is 10.1. The number of fused-ring (bicyclic) bond motifs is 1. The number of hydrogen-bond acceptors (Lipinski definition) is 3. The number of para-hydroxylation sites is 1. The zero-order valence-corrected chi connectivity index (χ0v) is 9.13. The molecule has 0 saturated heterocycles. The van der Waals surface area contributed by atoms with Gasteiger partial charge in [0, 0.05) is 0 Å². The Hall–Kier alpha value is -1.99. The highest BCUT2D eigenvalue weighted by Gasteiger charge is 2.12. The van der Waals surface area contributed by atoms with Crippen molar-refractivity contribution in [2.75, 3.05) is 7.11 Å². The van der Waals surface area contributed by atoms with Gasteiger partial charge in [-0.25, -0.2) is 0 Å². The number of benzene rings is 1. The molecule has 0 unspecified atom stereocenters. The van der Waals surface area contributed by atoms with Gasteiger partial charge in [0.05, 0.1) is 18.0 Å². The van der Waals surface area contributed by atoms with Gasteiger partial charge in [0.2, 0.25) is 5.43 Å². The molecule has 0 spiro atoms. The van der Waals surface area contributed by atoms with Gasteiger partial charge >= 0.3 is 0 Å². The maximum atomic E-state index is 11.9. The van der Waals surface area contributed by atoms with Crippen LogP contribution in [0.3, 0.4) is 0 Å². The normalized spacial score (nSPS) is 10.1. The zero-order valence-electron chi connectivity index (χ0n) is 8.37. The lowest BCUT2D eigenvalue weighted by Crippen LogP contribution is -2.09. The van der Waals surface area contributed by atoms with Gasteiger partial charge < -0.3 is 9.72 Å². The monoisotopic (exact) mass is 234 g/mol. The number of nitrogens with one attached hydrogen (secondary N) is 1. The first-order chi connectivity index (χ1) is 7.69. The van der Waals surface area contributed by atoms with E-state index in [1.54, 1.807) is 24.3 Å². The van der Waals surface area contributed by atoms with Crippen molar-refractivity contribution in [3.8, 4) is 11.8 Å². The molecule has 2 rings (SSSR count). The number of halogens is 1. The van der Waals surface area contributed by atoms with Crippen molar-refractivity contribution in [1.82, 2.24) is 4.98 Å². The summed E-state index contributed by atoms with van der Waals surface area (Å²) < 4.78 is 5.10. The third kappa shape index (κ3) is 1.42. The van der Waals surface area contributed by atoms with Crippen molar-refractivity contribution in [3.05, 3.63) is 39.1 Å². The number of nitrogens with zero attached hydrogens (tertiary/aromatic N) is 1. The highest BCUT2D eigenvalue weighted by atomic mass is 35.5. The van der Waals surface area contributed by atoms with Gasteiger partial charge in [-0.15, -0.1) is 0 Å². The van der Waals surface area contributed by atoms with Crippen molar-refractivity contribution in [3.63, 3.8) is 0 Å². The Morgan fingerprint density at radius 1 is 1.50 bits per heavy atom. The van der Waals surface area contributed by atoms with E-state index in [2.05, 4.69) is 4.98 Å². The number of hydrogen-bond donors (Lipinski definition) is 1. The summed E-state index contributed by atoms with van der Waals surface area (Å²) in [5.41, 5.74) is 0.0292. The van der Waals surface area contributed by atoms with Crippen LogP contribution in [0.4, 0.5) is 0 Å². The fourth-order valence-electron chi connectivity index (χ4n) is 1.53. The van der Waals surface area contributed by atoms with E-state index in [1.807, 2.05) is 0 Å². The minimum Gasteiger partial charge on any atom is -0.495 e. The van der Waals surface area contributed by atoms with E-state index in [4.69, 9.17) is 21.6 Å². The van der Waals surface area contributed by atoms with E-state index in [-0.39, 0.29) is 16.1 Å². The summed E-state index contributed by atoms with van der Waals surface area (Å²) in [6.45, 7) is 0. The molecular formula is C11H7ClN2O2. The molecule has 16 heavy (non-hydrogen) atoms. The van der Waals surface area contributed by atoms with Gasteiger partial charge in [0.25, 0.3) is 0 Å². The number of methoxy groups -OCH3 is 1. The predicted octanol–water partition coefficient (Wildman–Crippen LogP) is 2.06. The van der Waals surface area contributed by atoms with Crippen molar-refractivity contribution >= 4 is 22.5 Å². The number of nitriles is 1. The molecule has 2 aromatic rings. The summed E-state index contributed by atoms with van der Waals surface area (Å²) in [5.74, 6) is 0.515. The lowest BCUT2D eigenvalue weighted by molar-refractivity contribution is 0.419. The lowest BCUT2D eigenvalue weighted by Gasteiger charge is -2.05. The molecule has 1 N–H and O–H groups in total. The average molecular weight is 235 g/mol. The molecule has 5 heteroatoms. The molecule has 0 aliphatic carbocycles. The summed E-state index contributed by atoms with van der Waals surface area (Å²) in [7, 11) is 1.50. The number of rotatable bonds is 1. The minimum absolute atomic E-state index is 0.0319. The summed E-state index contributed by atoms with van der Waals surface area (Å²) >= 11 is 5.80. The fourth-order valence-corrected chi connectivity index (χ4v) is 1.75. The topological polar surface area (TPSA) is 65.9 Å². The molecule has 0 aliphatic heterocycles. The SMILES string of the molecule is COc1cccc2c(=O)c(C#N)c(Cl)[nH]c12. The van der Waals surface area contributed by atoms with Crippen LogP contribution in [0.1, 0.15) is 5.56 Å². The summed E-state index contributed by atoms with van der Waals surface area (Å²) in [6.07, 6.45) is 0. The molecule has 1 aromatic carbocycles. The third-order valence-electron chi connectivity index (χ3n) is 2.28. The van der Waals surface area contributed by atoms with E-state index >= 15 is 0 Å². The molecule has 0 amide bonds. The first-order valence-electron chi connectivity index (χ1n) is 4.47. The molecule has 0 atom stereocenters. The Balaban J connectivity index is 2.99. The first kappa shape index (κ1) is 10.5. The van der Waals surface area contributed by atoms with Gasteiger partial charge in [-0.1, -0.05) is 17.7 Å². The predicted molar refractivity (Wildman–Crippen MR) is 60.8 cm³/mol. The highest BCUT2D eigenvalue weighted by Crippen LogP contribution is 2.23. The van der Waals surface area contributed by atoms with Crippen LogP contribution in [0.2, 0.25) is 5.15 Å². The number of aromatic nitrogens is 1. The molecule has 1 aromatic heterocycles. The number of ether oxygens (including phenoxy) is 1. The quantitative estimate of drug-likeness (QED) is 0.768. The summed E-state index contributed by atoms with van der Waals surface area (Å²) in [6, 6.07) is 6.79. The molecule has 80 valence electrons.